The van der Waals surface area contributed by atoms with Crippen LogP contribution in [0.3, 0.4) is 0 Å². The second-order valence-corrected chi connectivity index (χ2v) is 7.74. The lowest BCUT2D eigenvalue weighted by Crippen LogP contribution is -2.45. The third kappa shape index (κ3) is 5.13. The Kier molecular flexibility index (Phi) is 6.78. The molecule has 1 aliphatic heterocycles. The molecular formula is C20H29ClN4O. The minimum absolute atomic E-state index is 0.254. The normalized spacial score (nSPS) is 21.7. The van der Waals surface area contributed by atoms with E-state index in [-0.39, 0.29) is 12.0 Å². The van der Waals surface area contributed by atoms with Gasteiger partial charge in [0.1, 0.15) is 0 Å². The van der Waals surface area contributed by atoms with Crippen LogP contribution in [-0.4, -0.2) is 42.9 Å². The molecule has 5 nitrogen and oxygen atoms in total. The van der Waals surface area contributed by atoms with Crippen molar-refractivity contribution in [1.29, 1.82) is 0 Å². The van der Waals surface area contributed by atoms with Crippen molar-refractivity contribution in [1.82, 2.24) is 15.5 Å². The van der Waals surface area contributed by atoms with Gasteiger partial charge in [0, 0.05) is 43.7 Å². The Hall–Kier alpha value is -1.75. The molecule has 1 saturated carbocycles. The highest BCUT2D eigenvalue weighted by molar-refractivity contribution is 6.30. The predicted octanol–water partition coefficient (Wildman–Crippen LogP) is 3.19. The Morgan fingerprint density at radius 3 is 2.62 bits per heavy atom. The van der Waals surface area contributed by atoms with E-state index < -0.39 is 0 Å². The van der Waals surface area contributed by atoms with Crippen molar-refractivity contribution in [2.24, 2.45) is 10.9 Å². The van der Waals surface area contributed by atoms with Crippen molar-refractivity contribution >= 4 is 23.5 Å². The Morgan fingerprint density at radius 2 is 1.92 bits per heavy atom. The van der Waals surface area contributed by atoms with Crippen LogP contribution in [0.5, 0.6) is 0 Å². The summed E-state index contributed by atoms with van der Waals surface area (Å²) in [4.78, 5) is 19.0. The quantitative estimate of drug-likeness (QED) is 0.626. The summed E-state index contributed by atoms with van der Waals surface area (Å²) in [7, 11) is 1.77. The topological polar surface area (TPSA) is 56.7 Å². The molecule has 2 aliphatic rings. The number of nitrogens with zero attached hydrogens (tertiary/aromatic N) is 2. The van der Waals surface area contributed by atoms with Gasteiger partial charge in [0.25, 0.3) is 0 Å². The summed E-state index contributed by atoms with van der Waals surface area (Å²) in [5.74, 6) is 1.39. The first-order valence-electron chi connectivity index (χ1n) is 9.66. The van der Waals surface area contributed by atoms with E-state index in [2.05, 4.69) is 15.6 Å². The van der Waals surface area contributed by atoms with Gasteiger partial charge in [-0.25, -0.2) is 0 Å². The molecule has 1 unspecified atom stereocenters. The van der Waals surface area contributed by atoms with Gasteiger partial charge in [-0.2, -0.15) is 0 Å². The molecule has 1 atom stereocenters. The highest BCUT2D eigenvalue weighted by Gasteiger charge is 2.31. The molecule has 2 fully saturated rings. The first kappa shape index (κ1) is 19.0. The number of carbonyl (C=O) groups excluding carboxylic acids is 1. The van der Waals surface area contributed by atoms with Crippen LogP contribution in [0.1, 0.15) is 44.1 Å². The predicted molar refractivity (Wildman–Crippen MR) is 106 cm³/mol. The van der Waals surface area contributed by atoms with E-state index in [1.54, 1.807) is 7.05 Å². The molecule has 1 aliphatic carbocycles. The minimum Gasteiger partial charge on any atom is -0.352 e. The molecule has 142 valence electrons. The van der Waals surface area contributed by atoms with E-state index >= 15 is 0 Å². The second-order valence-electron chi connectivity index (χ2n) is 7.30. The molecule has 0 aromatic heterocycles. The Morgan fingerprint density at radius 1 is 1.19 bits per heavy atom. The average molecular weight is 377 g/mol. The number of aliphatic imine (C=N–C) groups is 1. The number of nitrogens with one attached hydrogen (secondary N) is 2. The summed E-state index contributed by atoms with van der Waals surface area (Å²) >= 11 is 5.92. The number of likely N-dealkylation sites (tertiary alicyclic amines) is 1. The van der Waals surface area contributed by atoms with E-state index in [0.29, 0.717) is 12.5 Å². The Balaban J connectivity index is 1.45. The van der Waals surface area contributed by atoms with E-state index in [9.17, 15) is 4.79 Å². The van der Waals surface area contributed by atoms with Crippen LogP contribution in [0.25, 0.3) is 0 Å². The van der Waals surface area contributed by atoms with Crippen LogP contribution in [0.15, 0.2) is 29.3 Å². The number of rotatable bonds is 4. The lowest BCUT2D eigenvalue weighted by molar-refractivity contribution is -0.135. The van der Waals surface area contributed by atoms with E-state index in [4.69, 9.17) is 11.6 Å². The highest BCUT2D eigenvalue weighted by Crippen LogP contribution is 2.26. The molecule has 26 heavy (non-hydrogen) atoms. The fourth-order valence-electron chi connectivity index (χ4n) is 3.86. The number of guanidine groups is 1. The third-order valence-electron chi connectivity index (χ3n) is 5.39. The average Bonchev–Trinajstić information content (AvgIpc) is 3.15. The molecule has 1 saturated heterocycles. The van der Waals surface area contributed by atoms with Crippen molar-refractivity contribution < 1.29 is 4.79 Å². The fourth-order valence-corrected chi connectivity index (χ4v) is 3.99. The van der Waals surface area contributed by atoms with Crippen molar-refractivity contribution in [3.8, 4) is 0 Å². The van der Waals surface area contributed by atoms with Gasteiger partial charge in [0.2, 0.25) is 5.91 Å². The maximum absolute atomic E-state index is 12.7. The molecule has 6 heteroatoms. The van der Waals surface area contributed by atoms with Gasteiger partial charge in [-0.05, 0) is 37.0 Å². The third-order valence-corrected chi connectivity index (χ3v) is 5.64. The smallest absolute Gasteiger partial charge is 0.225 e. The lowest BCUT2D eigenvalue weighted by atomic mass is 9.88. The van der Waals surface area contributed by atoms with Crippen molar-refractivity contribution in [3.05, 3.63) is 34.9 Å². The first-order valence-corrected chi connectivity index (χ1v) is 10.0. The van der Waals surface area contributed by atoms with E-state index in [1.165, 1.54) is 19.3 Å². The molecule has 0 radical (unpaired) electrons. The van der Waals surface area contributed by atoms with E-state index in [0.717, 1.165) is 48.9 Å². The molecule has 1 aromatic rings. The van der Waals surface area contributed by atoms with Crippen LogP contribution >= 0.6 is 11.6 Å². The van der Waals surface area contributed by atoms with Gasteiger partial charge >= 0.3 is 0 Å². The molecule has 1 amide bonds. The maximum Gasteiger partial charge on any atom is 0.225 e. The number of benzene rings is 1. The van der Waals surface area contributed by atoms with Crippen molar-refractivity contribution in [2.75, 3.05) is 20.1 Å². The zero-order chi connectivity index (χ0) is 18.4. The number of carbonyl (C=O) groups is 1. The van der Waals surface area contributed by atoms with E-state index in [1.807, 2.05) is 29.2 Å². The Bertz CT molecular complexity index is 625. The van der Waals surface area contributed by atoms with Gasteiger partial charge in [-0.3, -0.25) is 9.79 Å². The second kappa shape index (κ2) is 9.26. The van der Waals surface area contributed by atoms with Crippen LogP contribution in [0.2, 0.25) is 5.02 Å². The van der Waals surface area contributed by atoms with Gasteiger partial charge in [-0.15, -0.1) is 0 Å². The minimum atomic E-state index is 0.254. The summed E-state index contributed by atoms with van der Waals surface area (Å²) in [5.41, 5.74) is 1.15. The summed E-state index contributed by atoms with van der Waals surface area (Å²) in [6.45, 7) is 2.31. The van der Waals surface area contributed by atoms with Crippen LogP contribution in [-0.2, 0) is 11.3 Å². The molecule has 2 N–H and O–H groups in total. The first-order chi connectivity index (χ1) is 12.7. The number of hydrogen-bond acceptors (Lipinski definition) is 2. The summed E-state index contributed by atoms with van der Waals surface area (Å²) in [6.07, 6.45) is 6.79. The number of hydrogen-bond donors (Lipinski definition) is 2. The summed E-state index contributed by atoms with van der Waals surface area (Å²) < 4.78 is 0. The maximum atomic E-state index is 12.7. The Labute approximate surface area is 161 Å². The fraction of sp³-hybridized carbons (Fsp3) is 0.600. The van der Waals surface area contributed by atoms with Crippen LogP contribution in [0.4, 0.5) is 0 Å². The molecule has 0 spiro atoms. The van der Waals surface area contributed by atoms with Crippen LogP contribution in [0, 0.1) is 5.92 Å². The standard InChI is InChI=1S/C20H29ClN4O/c1-22-20(23-13-15-7-9-17(21)10-8-15)24-18-11-12-25(14-18)19(26)16-5-3-2-4-6-16/h7-10,16,18H,2-6,11-14H2,1H3,(H2,22,23,24). The molecule has 3 rings (SSSR count). The zero-order valence-electron chi connectivity index (χ0n) is 15.5. The number of halogens is 1. The monoisotopic (exact) mass is 376 g/mol. The summed E-state index contributed by atoms with van der Waals surface area (Å²) in [6, 6.07) is 8.05. The zero-order valence-corrected chi connectivity index (χ0v) is 16.3. The van der Waals surface area contributed by atoms with Gasteiger partial charge in [-0.1, -0.05) is 43.0 Å². The van der Waals surface area contributed by atoms with Crippen LogP contribution < -0.4 is 10.6 Å². The molecule has 0 bridgehead atoms. The summed E-state index contributed by atoms with van der Waals surface area (Å²) in [5, 5.41) is 7.53. The van der Waals surface area contributed by atoms with Gasteiger partial charge in [0.15, 0.2) is 5.96 Å². The largest absolute Gasteiger partial charge is 0.352 e. The molecule has 1 heterocycles. The molecule has 1 aromatic carbocycles. The molecular weight excluding hydrogens is 348 g/mol. The van der Waals surface area contributed by atoms with Gasteiger partial charge in [0.05, 0.1) is 0 Å². The number of amides is 1. The van der Waals surface area contributed by atoms with Gasteiger partial charge < -0.3 is 15.5 Å². The SMILES string of the molecule is CN=C(NCc1ccc(Cl)cc1)NC1CCN(C(=O)C2CCCCC2)C1. The van der Waals surface area contributed by atoms with Crippen molar-refractivity contribution in [3.63, 3.8) is 0 Å². The highest BCUT2D eigenvalue weighted by atomic mass is 35.5. The van der Waals surface area contributed by atoms with Crippen molar-refractivity contribution in [2.45, 2.75) is 51.1 Å². The lowest BCUT2D eigenvalue weighted by Gasteiger charge is -2.26.